The van der Waals surface area contributed by atoms with E-state index in [-0.39, 0.29) is 6.54 Å². The van der Waals surface area contributed by atoms with E-state index in [1.54, 1.807) is 30.3 Å². The highest BCUT2D eigenvalue weighted by atomic mass is 16.5. The first-order valence-corrected chi connectivity index (χ1v) is 8.76. The van der Waals surface area contributed by atoms with E-state index in [1.165, 1.54) is 6.08 Å². The van der Waals surface area contributed by atoms with Crippen molar-refractivity contribution in [2.24, 2.45) is 0 Å². The zero-order valence-corrected chi connectivity index (χ0v) is 15.5. The molecule has 0 heterocycles. The zero-order valence-electron chi connectivity index (χ0n) is 15.5. The minimum Gasteiger partial charge on any atom is -0.492 e. The van der Waals surface area contributed by atoms with Crippen molar-refractivity contribution in [3.63, 3.8) is 0 Å². The number of carbonyl (C=O) groups excluding carboxylic acids is 3. The van der Waals surface area contributed by atoms with Crippen LogP contribution in [0.5, 0.6) is 5.75 Å². The first-order chi connectivity index (χ1) is 13.6. The van der Waals surface area contributed by atoms with Crippen molar-refractivity contribution < 1.29 is 23.9 Å². The van der Waals surface area contributed by atoms with Gasteiger partial charge in [-0.3, -0.25) is 14.4 Å². The molecule has 0 atom stereocenters. The zero-order chi connectivity index (χ0) is 20.2. The van der Waals surface area contributed by atoms with Gasteiger partial charge >= 0.3 is 5.97 Å². The van der Waals surface area contributed by atoms with Crippen LogP contribution in [-0.4, -0.2) is 37.5 Å². The summed E-state index contributed by atoms with van der Waals surface area (Å²) in [4.78, 5) is 35.3. The number of esters is 1. The van der Waals surface area contributed by atoms with Crippen molar-refractivity contribution in [1.82, 2.24) is 5.32 Å². The summed E-state index contributed by atoms with van der Waals surface area (Å²) in [6.45, 7) is 1.50. The number of hydrogen-bond donors (Lipinski definition) is 2. The Labute approximate surface area is 163 Å². The topological polar surface area (TPSA) is 93.7 Å². The van der Waals surface area contributed by atoms with Crippen molar-refractivity contribution in [3.05, 3.63) is 66.2 Å². The molecular formula is C21H22N2O5. The summed E-state index contributed by atoms with van der Waals surface area (Å²) in [6, 6.07) is 16.2. The van der Waals surface area contributed by atoms with Gasteiger partial charge in [0, 0.05) is 6.08 Å². The number of carbonyl (C=O) groups is 3. The van der Waals surface area contributed by atoms with Gasteiger partial charge in [-0.2, -0.15) is 0 Å². The van der Waals surface area contributed by atoms with Crippen molar-refractivity contribution >= 4 is 29.5 Å². The summed E-state index contributed by atoms with van der Waals surface area (Å²) >= 11 is 0. The van der Waals surface area contributed by atoms with Gasteiger partial charge in [0.1, 0.15) is 12.3 Å². The second-order valence-electron chi connectivity index (χ2n) is 5.60. The maximum Gasteiger partial charge on any atom is 0.325 e. The maximum absolute atomic E-state index is 11.9. The molecule has 0 unspecified atom stereocenters. The van der Waals surface area contributed by atoms with Gasteiger partial charge in [0.2, 0.25) is 5.91 Å². The number of anilines is 1. The minimum absolute atomic E-state index is 0.333. The summed E-state index contributed by atoms with van der Waals surface area (Å²) in [7, 11) is 0. The Balaban J connectivity index is 1.71. The lowest BCUT2D eigenvalue weighted by molar-refractivity contribution is -0.146. The molecule has 2 N–H and O–H groups in total. The average Bonchev–Trinajstić information content (AvgIpc) is 2.71. The predicted octanol–water partition coefficient (Wildman–Crippen LogP) is 2.40. The van der Waals surface area contributed by atoms with Crippen LogP contribution in [0.2, 0.25) is 0 Å². The molecular weight excluding hydrogens is 360 g/mol. The molecule has 28 heavy (non-hydrogen) atoms. The summed E-state index contributed by atoms with van der Waals surface area (Å²) in [5.41, 5.74) is 1.36. The van der Waals surface area contributed by atoms with E-state index in [1.807, 2.05) is 37.3 Å². The Kier molecular flexibility index (Phi) is 8.26. The van der Waals surface area contributed by atoms with Crippen LogP contribution < -0.4 is 15.4 Å². The van der Waals surface area contributed by atoms with Crippen LogP contribution in [0.1, 0.15) is 12.5 Å². The van der Waals surface area contributed by atoms with Gasteiger partial charge in [0.05, 0.1) is 12.3 Å². The molecule has 2 aromatic rings. The number of amides is 2. The quantitative estimate of drug-likeness (QED) is 0.513. The molecule has 7 heteroatoms. The van der Waals surface area contributed by atoms with Gasteiger partial charge < -0.3 is 20.1 Å². The van der Waals surface area contributed by atoms with Gasteiger partial charge in [-0.05, 0) is 30.7 Å². The molecule has 7 nitrogen and oxygen atoms in total. The normalized spacial score (nSPS) is 10.3. The summed E-state index contributed by atoms with van der Waals surface area (Å²) < 4.78 is 10.3. The highest BCUT2D eigenvalue weighted by Crippen LogP contribution is 2.23. The Hall–Kier alpha value is -3.61. The van der Waals surface area contributed by atoms with Crippen molar-refractivity contribution in [1.29, 1.82) is 0 Å². The van der Waals surface area contributed by atoms with Crippen LogP contribution in [-0.2, 0) is 19.1 Å². The second kappa shape index (κ2) is 11.2. The molecule has 0 aliphatic rings. The Morgan fingerprint density at radius 3 is 2.46 bits per heavy atom. The lowest BCUT2D eigenvalue weighted by atomic mass is 10.2. The Bertz CT molecular complexity index is 834. The van der Waals surface area contributed by atoms with Crippen LogP contribution in [0.3, 0.4) is 0 Å². The van der Waals surface area contributed by atoms with E-state index in [0.29, 0.717) is 18.0 Å². The monoisotopic (exact) mass is 382 g/mol. The fourth-order valence-electron chi connectivity index (χ4n) is 2.19. The highest BCUT2D eigenvalue weighted by molar-refractivity contribution is 5.95. The number of para-hydroxylation sites is 2. The lowest BCUT2D eigenvalue weighted by Crippen LogP contribution is -2.31. The van der Waals surface area contributed by atoms with E-state index in [9.17, 15) is 14.4 Å². The second-order valence-corrected chi connectivity index (χ2v) is 5.60. The van der Waals surface area contributed by atoms with Crippen molar-refractivity contribution in [3.8, 4) is 5.75 Å². The van der Waals surface area contributed by atoms with E-state index in [2.05, 4.69) is 10.6 Å². The Morgan fingerprint density at radius 2 is 1.71 bits per heavy atom. The molecule has 0 aliphatic carbocycles. The van der Waals surface area contributed by atoms with Gasteiger partial charge in [0.15, 0.2) is 6.61 Å². The number of benzene rings is 2. The van der Waals surface area contributed by atoms with Gasteiger partial charge in [-0.1, -0.05) is 42.5 Å². The van der Waals surface area contributed by atoms with Gasteiger partial charge in [-0.15, -0.1) is 0 Å². The minimum atomic E-state index is -0.713. The number of ether oxygens (including phenoxy) is 2. The van der Waals surface area contributed by atoms with E-state index in [0.717, 1.165) is 5.56 Å². The van der Waals surface area contributed by atoms with E-state index < -0.39 is 24.4 Å². The van der Waals surface area contributed by atoms with Crippen LogP contribution in [0.25, 0.3) is 6.08 Å². The molecule has 2 amide bonds. The first-order valence-electron chi connectivity index (χ1n) is 8.76. The van der Waals surface area contributed by atoms with E-state index in [4.69, 9.17) is 9.47 Å². The molecule has 146 valence electrons. The smallest absolute Gasteiger partial charge is 0.325 e. The van der Waals surface area contributed by atoms with Crippen LogP contribution in [0, 0.1) is 0 Å². The number of rotatable bonds is 9. The predicted molar refractivity (Wildman–Crippen MR) is 106 cm³/mol. The maximum atomic E-state index is 11.9. The molecule has 0 saturated heterocycles. The summed E-state index contributed by atoms with van der Waals surface area (Å²) in [5.74, 6) is -1.12. The molecule has 0 radical (unpaired) electrons. The highest BCUT2D eigenvalue weighted by Gasteiger charge is 2.11. The fraction of sp³-hybridized carbons (Fsp3) is 0.190. The molecule has 0 spiro atoms. The van der Waals surface area contributed by atoms with Gasteiger partial charge in [0.25, 0.3) is 5.91 Å². The Morgan fingerprint density at radius 1 is 1.00 bits per heavy atom. The molecule has 0 bridgehead atoms. The molecule has 0 aromatic heterocycles. The average molecular weight is 382 g/mol. The third-order valence-corrected chi connectivity index (χ3v) is 3.46. The van der Waals surface area contributed by atoms with Crippen molar-refractivity contribution in [2.45, 2.75) is 6.92 Å². The molecule has 0 fully saturated rings. The molecule has 0 aliphatic heterocycles. The SMILES string of the molecule is CCOc1ccccc1NC(=O)COC(=O)CNC(=O)/C=C/c1ccccc1. The first kappa shape index (κ1) is 20.7. The van der Waals surface area contributed by atoms with E-state index >= 15 is 0 Å². The number of nitrogens with one attached hydrogen (secondary N) is 2. The third-order valence-electron chi connectivity index (χ3n) is 3.46. The number of hydrogen-bond acceptors (Lipinski definition) is 5. The van der Waals surface area contributed by atoms with Crippen LogP contribution in [0.4, 0.5) is 5.69 Å². The van der Waals surface area contributed by atoms with Crippen LogP contribution in [0.15, 0.2) is 60.7 Å². The van der Waals surface area contributed by atoms with Crippen molar-refractivity contribution in [2.75, 3.05) is 25.1 Å². The lowest BCUT2D eigenvalue weighted by Gasteiger charge is -2.11. The molecule has 2 rings (SSSR count). The summed E-state index contributed by atoms with van der Waals surface area (Å²) in [6.07, 6.45) is 2.95. The standard InChI is InChI=1S/C21H22N2O5/c1-2-27-18-11-7-6-10-17(18)23-20(25)15-28-21(26)14-22-19(24)13-12-16-8-4-3-5-9-16/h3-13H,2,14-15H2,1H3,(H,22,24)(H,23,25)/b13-12+. The van der Waals surface area contributed by atoms with Crippen LogP contribution >= 0.6 is 0 Å². The fourth-order valence-corrected chi connectivity index (χ4v) is 2.19. The molecule has 2 aromatic carbocycles. The summed E-state index contributed by atoms with van der Waals surface area (Å²) in [5, 5.41) is 5.01. The van der Waals surface area contributed by atoms with Gasteiger partial charge in [-0.25, -0.2) is 0 Å². The largest absolute Gasteiger partial charge is 0.492 e. The third kappa shape index (κ3) is 7.33. The molecule has 0 saturated carbocycles.